The van der Waals surface area contributed by atoms with Gasteiger partial charge in [-0.05, 0) is 36.6 Å². The Hall–Kier alpha value is -2.34. The average molecular weight is 327 g/mol. The molecule has 4 aliphatic rings. The number of piperidine rings is 1. The van der Waals surface area contributed by atoms with E-state index >= 15 is 0 Å². The van der Waals surface area contributed by atoms with Crippen LogP contribution in [0.2, 0.25) is 0 Å². The number of ketones is 1. The molecule has 2 aliphatic carbocycles. The van der Waals surface area contributed by atoms with Crippen LogP contribution in [0.5, 0.6) is 11.5 Å². The summed E-state index contributed by atoms with van der Waals surface area (Å²) in [5.74, 6) is -0.00698. The van der Waals surface area contributed by atoms with Gasteiger partial charge >= 0.3 is 0 Å². The van der Waals surface area contributed by atoms with Crippen LogP contribution < -0.4 is 4.74 Å². The third kappa shape index (κ3) is 1.26. The van der Waals surface area contributed by atoms with Crippen molar-refractivity contribution in [1.82, 2.24) is 4.90 Å². The maximum absolute atomic E-state index is 12.5. The number of phenolic OH excluding ortho intramolecular Hbond substituents is 1. The second-order valence-electron chi connectivity index (χ2n) is 7.16. The van der Waals surface area contributed by atoms with E-state index in [-0.39, 0.29) is 17.4 Å². The van der Waals surface area contributed by atoms with Crippen LogP contribution in [0.4, 0.5) is 0 Å². The Bertz CT molecular complexity index is 846. The Morgan fingerprint density at radius 3 is 2.96 bits per heavy atom. The summed E-state index contributed by atoms with van der Waals surface area (Å²) < 4.78 is 5.87. The van der Waals surface area contributed by atoms with Gasteiger partial charge in [0.05, 0.1) is 11.5 Å². The normalized spacial score (nSPS) is 37.9. The van der Waals surface area contributed by atoms with Crippen LogP contribution in [0.15, 0.2) is 24.3 Å². The van der Waals surface area contributed by atoms with Gasteiger partial charge in [0, 0.05) is 19.0 Å². The number of aromatic hydroxyl groups is 1. The Labute approximate surface area is 138 Å². The van der Waals surface area contributed by atoms with Crippen molar-refractivity contribution in [3.63, 3.8) is 0 Å². The van der Waals surface area contributed by atoms with Crippen molar-refractivity contribution in [3.8, 4) is 11.5 Å². The number of phenols is 1. The van der Waals surface area contributed by atoms with E-state index in [2.05, 4.69) is 0 Å². The average Bonchev–Trinajstić information content (AvgIpc) is 2.88. The minimum Gasteiger partial charge on any atom is -0.504 e. The second-order valence-corrected chi connectivity index (χ2v) is 7.16. The summed E-state index contributed by atoms with van der Waals surface area (Å²) in [5.41, 5.74) is -0.639. The van der Waals surface area contributed by atoms with E-state index in [0.717, 1.165) is 11.1 Å². The summed E-state index contributed by atoms with van der Waals surface area (Å²) in [6, 6.07) is 2.92. The van der Waals surface area contributed by atoms with Gasteiger partial charge in [0.15, 0.2) is 23.4 Å². The van der Waals surface area contributed by atoms with Crippen LogP contribution in [0.3, 0.4) is 0 Å². The first kappa shape index (κ1) is 14.0. The number of aliphatic hydroxyl groups is 1. The zero-order chi connectivity index (χ0) is 16.9. The molecule has 6 heteroatoms. The van der Waals surface area contributed by atoms with Crippen molar-refractivity contribution < 1.29 is 24.5 Å². The Kier molecular flexibility index (Phi) is 2.34. The van der Waals surface area contributed by atoms with Crippen molar-refractivity contribution in [3.05, 3.63) is 35.4 Å². The van der Waals surface area contributed by atoms with E-state index in [1.165, 1.54) is 19.1 Å². The molecule has 2 bridgehead atoms. The molecule has 2 N–H and O–H groups in total. The number of amides is 1. The number of nitrogens with zero attached hydrogens (tertiary/aromatic N) is 1. The molecule has 2 aliphatic heterocycles. The topological polar surface area (TPSA) is 87.1 Å². The van der Waals surface area contributed by atoms with E-state index in [1.807, 2.05) is 0 Å². The van der Waals surface area contributed by atoms with Gasteiger partial charge in [-0.2, -0.15) is 0 Å². The Morgan fingerprint density at radius 1 is 1.42 bits per heavy atom. The predicted molar refractivity (Wildman–Crippen MR) is 82.8 cm³/mol. The van der Waals surface area contributed by atoms with Gasteiger partial charge in [0.1, 0.15) is 5.60 Å². The minimum atomic E-state index is -1.37. The molecule has 1 saturated heterocycles. The smallest absolute Gasteiger partial charge is 0.219 e. The molecule has 1 aromatic rings. The lowest BCUT2D eigenvalue weighted by Crippen LogP contribution is -2.75. The number of likely N-dealkylation sites (tertiary alicyclic amines) is 1. The van der Waals surface area contributed by atoms with Crippen LogP contribution >= 0.6 is 0 Å². The van der Waals surface area contributed by atoms with Crippen LogP contribution in [-0.2, 0) is 21.4 Å². The maximum Gasteiger partial charge on any atom is 0.219 e. The standard InChI is InChI=1S/C18H17NO5/c1-9(20)19-7-6-17-14-10-2-3-11(21)15(14)24-16(17)12(22)4-5-18(17,23)13(19)8-10/h2-5,13,16,21,23H,6-8H2,1H3/t13-,16+,17+,18-/m1/s1. The van der Waals surface area contributed by atoms with E-state index in [4.69, 9.17) is 4.74 Å². The summed E-state index contributed by atoms with van der Waals surface area (Å²) in [6.45, 7) is 1.96. The quantitative estimate of drug-likeness (QED) is 0.722. The first-order chi connectivity index (χ1) is 11.4. The zero-order valence-electron chi connectivity index (χ0n) is 13.2. The predicted octanol–water partition coefficient (Wildman–Crippen LogP) is 0.438. The van der Waals surface area contributed by atoms with Gasteiger partial charge in [0.25, 0.3) is 0 Å². The number of hydrogen-bond donors (Lipinski definition) is 2. The molecule has 0 unspecified atom stereocenters. The van der Waals surface area contributed by atoms with Crippen molar-refractivity contribution in [2.24, 2.45) is 0 Å². The Balaban J connectivity index is 1.86. The first-order valence-corrected chi connectivity index (χ1v) is 8.15. The van der Waals surface area contributed by atoms with Crippen molar-refractivity contribution in [2.45, 2.75) is 42.9 Å². The SMILES string of the molecule is CC(=O)N1CC[C@]23c4c5ccc(O)c4O[C@H]2C(=O)C=C[C@@]3(O)[C@H]1C5. The molecule has 1 fully saturated rings. The largest absolute Gasteiger partial charge is 0.504 e. The van der Waals surface area contributed by atoms with Crippen LogP contribution in [0, 0.1) is 0 Å². The van der Waals surface area contributed by atoms with Gasteiger partial charge in [0.2, 0.25) is 5.91 Å². The summed E-state index contributed by atoms with van der Waals surface area (Å²) >= 11 is 0. The van der Waals surface area contributed by atoms with Crippen LogP contribution in [0.1, 0.15) is 24.5 Å². The molecule has 5 rings (SSSR count). The molecule has 1 aromatic carbocycles. The maximum atomic E-state index is 12.5. The highest BCUT2D eigenvalue weighted by atomic mass is 16.5. The Morgan fingerprint density at radius 2 is 2.21 bits per heavy atom. The number of rotatable bonds is 0. The van der Waals surface area contributed by atoms with Gasteiger partial charge in [-0.1, -0.05) is 6.07 Å². The van der Waals surface area contributed by atoms with Gasteiger partial charge in [-0.15, -0.1) is 0 Å². The van der Waals surface area contributed by atoms with Crippen molar-refractivity contribution in [1.29, 1.82) is 0 Å². The number of ether oxygens (including phenoxy) is 1. The molecule has 1 spiro atoms. The van der Waals surface area contributed by atoms with Crippen molar-refractivity contribution >= 4 is 11.7 Å². The van der Waals surface area contributed by atoms with Gasteiger partial charge in [-0.3, -0.25) is 9.59 Å². The van der Waals surface area contributed by atoms with Gasteiger partial charge < -0.3 is 19.8 Å². The fourth-order valence-electron chi connectivity index (χ4n) is 5.30. The third-order valence-corrected chi connectivity index (χ3v) is 6.28. The molecular weight excluding hydrogens is 310 g/mol. The lowest BCUT2D eigenvalue weighted by Gasteiger charge is -2.60. The third-order valence-electron chi connectivity index (χ3n) is 6.28. The summed E-state index contributed by atoms with van der Waals surface area (Å²) in [5, 5.41) is 21.9. The first-order valence-electron chi connectivity index (χ1n) is 8.15. The lowest BCUT2D eigenvalue weighted by molar-refractivity contribution is -0.165. The highest BCUT2D eigenvalue weighted by Gasteiger charge is 2.72. The number of carbonyl (C=O) groups is 2. The minimum absolute atomic E-state index is 0.0138. The highest BCUT2D eigenvalue weighted by molar-refractivity contribution is 5.99. The second kappa shape index (κ2) is 4.00. The molecule has 2 heterocycles. The summed E-state index contributed by atoms with van der Waals surface area (Å²) in [6.07, 6.45) is 2.93. The molecule has 6 nitrogen and oxygen atoms in total. The lowest BCUT2D eigenvalue weighted by atomic mass is 9.51. The summed E-state index contributed by atoms with van der Waals surface area (Å²) in [7, 11) is 0. The van der Waals surface area contributed by atoms with Crippen molar-refractivity contribution in [2.75, 3.05) is 6.54 Å². The van der Waals surface area contributed by atoms with Gasteiger partial charge in [-0.25, -0.2) is 0 Å². The fourth-order valence-corrected chi connectivity index (χ4v) is 5.30. The molecule has 0 radical (unpaired) electrons. The molecule has 124 valence electrons. The molecular formula is C18H17NO5. The van der Waals surface area contributed by atoms with E-state index in [9.17, 15) is 19.8 Å². The molecule has 4 atom stereocenters. The molecule has 0 aromatic heterocycles. The van der Waals surface area contributed by atoms with E-state index in [0.29, 0.717) is 25.1 Å². The molecule has 0 saturated carbocycles. The van der Waals surface area contributed by atoms with E-state index < -0.39 is 23.2 Å². The number of hydrogen-bond acceptors (Lipinski definition) is 5. The number of benzene rings is 1. The van der Waals surface area contributed by atoms with Crippen LogP contribution in [-0.4, -0.2) is 51.1 Å². The zero-order valence-corrected chi connectivity index (χ0v) is 13.2. The number of carbonyl (C=O) groups excluding carboxylic acids is 2. The molecule has 24 heavy (non-hydrogen) atoms. The van der Waals surface area contributed by atoms with E-state index in [1.54, 1.807) is 17.0 Å². The monoisotopic (exact) mass is 327 g/mol. The molecule has 1 amide bonds. The highest BCUT2D eigenvalue weighted by Crippen LogP contribution is 2.63. The summed E-state index contributed by atoms with van der Waals surface area (Å²) in [4.78, 5) is 26.3. The van der Waals surface area contributed by atoms with Crippen LogP contribution in [0.25, 0.3) is 0 Å². The fraction of sp³-hybridized carbons (Fsp3) is 0.444.